The first-order chi connectivity index (χ1) is 12.5. The summed E-state index contributed by atoms with van der Waals surface area (Å²) in [6, 6.07) is 11.7. The minimum atomic E-state index is 0. The molecule has 0 aliphatic carbocycles. The van der Waals surface area contributed by atoms with Crippen LogP contribution in [0.1, 0.15) is 46.9 Å². The molecule has 1 unspecified atom stereocenters. The molecule has 3 nitrogen and oxygen atoms in total. The van der Waals surface area contributed by atoms with Gasteiger partial charge in [0, 0.05) is 24.0 Å². The predicted molar refractivity (Wildman–Crippen MR) is 120 cm³/mol. The third-order valence-corrected chi connectivity index (χ3v) is 6.47. The fourth-order valence-electron chi connectivity index (χ4n) is 4.28. The molecule has 1 saturated heterocycles. The van der Waals surface area contributed by atoms with Crippen LogP contribution in [0.3, 0.4) is 0 Å². The van der Waals surface area contributed by atoms with Crippen molar-refractivity contribution in [3.05, 3.63) is 57.9 Å². The lowest BCUT2D eigenvalue weighted by atomic mass is 9.98. The van der Waals surface area contributed by atoms with Gasteiger partial charge < -0.3 is 0 Å². The van der Waals surface area contributed by atoms with Crippen molar-refractivity contribution in [1.29, 1.82) is 0 Å². The molecule has 0 spiro atoms. The van der Waals surface area contributed by atoms with Gasteiger partial charge in [-0.25, -0.2) is 4.98 Å². The van der Waals surface area contributed by atoms with Crippen LogP contribution >= 0.6 is 24.8 Å². The summed E-state index contributed by atoms with van der Waals surface area (Å²) in [5.41, 5.74) is 6.26. The van der Waals surface area contributed by atoms with Crippen molar-refractivity contribution in [2.24, 2.45) is 5.92 Å². The minimum Gasteiger partial charge on any atom is -0.296 e. The summed E-state index contributed by atoms with van der Waals surface area (Å²) >= 11 is 1.80. The number of rotatable bonds is 4. The number of hydrogen-bond donors (Lipinski definition) is 0. The Kier molecular flexibility index (Phi) is 6.24. The molecule has 144 valence electrons. The fraction of sp³-hybridized carbons (Fsp3) is 0.455. The van der Waals surface area contributed by atoms with Crippen molar-refractivity contribution in [2.75, 3.05) is 13.1 Å². The zero-order chi connectivity index (χ0) is 18.3. The van der Waals surface area contributed by atoms with Crippen molar-refractivity contribution in [2.45, 2.75) is 46.6 Å². The molecule has 4 rings (SSSR count). The fourth-order valence-corrected chi connectivity index (χ4v) is 5.16. The lowest BCUT2D eigenvalue weighted by Gasteiger charge is -2.25. The van der Waals surface area contributed by atoms with Gasteiger partial charge in [0.1, 0.15) is 0 Å². The second kappa shape index (κ2) is 8.29. The predicted octanol–water partition coefficient (Wildman–Crippen LogP) is 5.35. The lowest BCUT2D eigenvalue weighted by Crippen LogP contribution is -2.24. The number of likely N-dealkylation sites (tertiary alicyclic amines) is 1. The van der Waals surface area contributed by atoms with E-state index in [2.05, 4.69) is 72.9 Å². The number of aryl methyl sites for hydroxylation is 3. The summed E-state index contributed by atoms with van der Waals surface area (Å²) in [7, 11) is 0. The average molecular weight is 400 g/mol. The highest BCUT2D eigenvalue weighted by atomic mass is 32.1. The van der Waals surface area contributed by atoms with E-state index in [1.54, 1.807) is 11.3 Å². The molecule has 3 aromatic rings. The summed E-state index contributed by atoms with van der Waals surface area (Å²) in [6.07, 6.45) is 2.45. The Labute approximate surface area is 173 Å². The van der Waals surface area contributed by atoms with E-state index < -0.39 is 0 Å². The van der Waals surface area contributed by atoms with Gasteiger partial charge in [0.25, 0.3) is 0 Å². The molecule has 27 heavy (non-hydrogen) atoms. The van der Waals surface area contributed by atoms with Crippen molar-refractivity contribution in [1.82, 2.24) is 14.9 Å². The van der Waals surface area contributed by atoms with Gasteiger partial charge in [0.2, 0.25) is 0 Å². The van der Waals surface area contributed by atoms with Crippen LogP contribution in [0, 0.1) is 26.7 Å². The van der Waals surface area contributed by atoms with Gasteiger partial charge in [-0.05, 0) is 88.4 Å². The Balaban J connectivity index is 0.00000210. The highest BCUT2D eigenvalue weighted by molar-refractivity contribution is 7.59. The number of fused-ring (bicyclic) bond motifs is 1. The molecular weight excluding hydrogens is 370 g/mol. The molecule has 0 amide bonds. The molecule has 0 bridgehead atoms. The lowest BCUT2D eigenvalue weighted by molar-refractivity contribution is 0.252. The molecule has 3 heterocycles. The van der Waals surface area contributed by atoms with Crippen LogP contribution in [-0.2, 0) is 6.42 Å². The first kappa shape index (κ1) is 20.3. The SMILES string of the molecule is Cc1cc(C[C@H]2CCN(C(C)c3ccc4nc(C)sc4c3)C2)cc(C)n1.S. The summed E-state index contributed by atoms with van der Waals surface area (Å²) in [5, 5.41) is 1.15. The van der Waals surface area contributed by atoms with E-state index in [1.807, 2.05) is 0 Å². The van der Waals surface area contributed by atoms with Crippen LogP contribution in [-0.4, -0.2) is 28.0 Å². The number of thiazole rings is 1. The van der Waals surface area contributed by atoms with E-state index in [1.165, 1.54) is 41.8 Å². The van der Waals surface area contributed by atoms with E-state index in [0.29, 0.717) is 6.04 Å². The molecule has 1 aromatic carbocycles. The van der Waals surface area contributed by atoms with E-state index >= 15 is 0 Å². The normalized spacial score (nSPS) is 18.6. The highest BCUT2D eigenvalue weighted by Crippen LogP contribution is 2.32. The first-order valence-electron chi connectivity index (χ1n) is 9.53. The Morgan fingerprint density at radius 2 is 1.85 bits per heavy atom. The molecule has 5 heteroatoms. The van der Waals surface area contributed by atoms with Crippen LogP contribution in [0.4, 0.5) is 0 Å². The summed E-state index contributed by atoms with van der Waals surface area (Å²) < 4.78 is 1.31. The molecule has 1 fully saturated rings. The van der Waals surface area contributed by atoms with Gasteiger partial charge in [-0.1, -0.05) is 6.07 Å². The van der Waals surface area contributed by atoms with E-state index in [4.69, 9.17) is 0 Å². The number of benzene rings is 1. The molecule has 0 radical (unpaired) electrons. The Hall–Kier alpha value is -1.43. The van der Waals surface area contributed by atoms with Crippen LogP contribution < -0.4 is 0 Å². The maximum Gasteiger partial charge on any atom is 0.0907 e. The third kappa shape index (κ3) is 4.53. The van der Waals surface area contributed by atoms with Crippen LogP contribution in [0.15, 0.2) is 30.3 Å². The maximum atomic E-state index is 4.58. The summed E-state index contributed by atoms with van der Waals surface area (Å²) in [5.74, 6) is 0.744. The zero-order valence-corrected chi connectivity index (χ0v) is 18.4. The topological polar surface area (TPSA) is 29.0 Å². The van der Waals surface area contributed by atoms with Gasteiger partial charge in [0.05, 0.1) is 15.2 Å². The van der Waals surface area contributed by atoms with E-state index in [0.717, 1.165) is 27.8 Å². The maximum absolute atomic E-state index is 4.58. The Morgan fingerprint density at radius 1 is 1.11 bits per heavy atom. The molecule has 1 aliphatic heterocycles. The van der Waals surface area contributed by atoms with Gasteiger partial charge in [0.15, 0.2) is 0 Å². The molecular formula is C22H29N3S2. The molecule has 0 saturated carbocycles. The van der Waals surface area contributed by atoms with Crippen molar-refractivity contribution < 1.29 is 0 Å². The summed E-state index contributed by atoms with van der Waals surface area (Å²) in [6.45, 7) is 11.0. The number of pyridine rings is 1. The van der Waals surface area contributed by atoms with Crippen molar-refractivity contribution in [3.63, 3.8) is 0 Å². The summed E-state index contributed by atoms with van der Waals surface area (Å²) in [4.78, 5) is 11.7. The minimum absolute atomic E-state index is 0. The molecule has 0 N–H and O–H groups in total. The number of nitrogens with zero attached hydrogens (tertiary/aromatic N) is 3. The van der Waals surface area contributed by atoms with Crippen molar-refractivity contribution >= 4 is 35.0 Å². The molecule has 2 atom stereocenters. The Morgan fingerprint density at radius 3 is 2.59 bits per heavy atom. The van der Waals surface area contributed by atoms with E-state index in [9.17, 15) is 0 Å². The van der Waals surface area contributed by atoms with Gasteiger partial charge in [-0.2, -0.15) is 13.5 Å². The Bertz CT molecular complexity index is 914. The molecule has 2 aromatic heterocycles. The zero-order valence-electron chi connectivity index (χ0n) is 16.6. The second-order valence-electron chi connectivity index (χ2n) is 7.75. The number of hydrogen-bond acceptors (Lipinski definition) is 4. The first-order valence-corrected chi connectivity index (χ1v) is 10.3. The van der Waals surface area contributed by atoms with Gasteiger partial charge >= 0.3 is 0 Å². The van der Waals surface area contributed by atoms with Crippen LogP contribution in [0.5, 0.6) is 0 Å². The standard InChI is InChI=1S/C22H27N3S.H2S/c1-14-9-19(10-15(2)23-14)11-18-7-8-25(13-18)16(3)20-5-6-21-22(12-20)26-17(4)24-21;/h5-6,9-10,12,16,18H,7-8,11,13H2,1-4H3;1H2/t16?,18-;/m1./s1. The van der Waals surface area contributed by atoms with Crippen LogP contribution in [0.25, 0.3) is 10.2 Å². The number of aromatic nitrogens is 2. The van der Waals surface area contributed by atoms with Crippen LogP contribution in [0.2, 0.25) is 0 Å². The second-order valence-corrected chi connectivity index (χ2v) is 8.98. The third-order valence-electron chi connectivity index (χ3n) is 5.53. The average Bonchev–Trinajstić information content (AvgIpc) is 3.17. The quantitative estimate of drug-likeness (QED) is 0.592. The largest absolute Gasteiger partial charge is 0.296 e. The van der Waals surface area contributed by atoms with Gasteiger partial charge in [-0.3, -0.25) is 9.88 Å². The smallest absolute Gasteiger partial charge is 0.0907 e. The highest BCUT2D eigenvalue weighted by Gasteiger charge is 2.27. The van der Waals surface area contributed by atoms with Gasteiger partial charge in [-0.15, -0.1) is 11.3 Å². The van der Waals surface area contributed by atoms with Crippen molar-refractivity contribution in [3.8, 4) is 0 Å². The monoisotopic (exact) mass is 399 g/mol. The molecule has 1 aliphatic rings. The van der Waals surface area contributed by atoms with E-state index in [-0.39, 0.29) is 13.5 Å².